The molecule has 6 nitrogen and oxygen atoms in total. The third kappa shape index (κ3) is 6.65. The number of hydrogen-bond donors (Lipinski definition) is 1. The first-order valence-electron chi connectivity index (χ1n) is 16.4. The van der Waals surface area contributed by atoms with Gasteiger partial charge in [-0.25, -0.2) is 0 Å². The molecular weight excluding hydrogens is 520 g/mol. The van der Waals surface area contributed by atoms with Gasteiger partial charge in [0.15, 0.2) is 0 Å². The molecule has 3 aromatic rings. The number of hydrogen-bond acceptors (Lipinski definition) is 4. The number of aliphatic carboxylic acids is 1. The summed E-state index contributed by atoms with van der Waals surface area (Å²) in [5, 5.41) is 15.5. The lowest BCUT2D eigenvalue weighted by molar-refractivity contribution is -0.145. The molecule has 2 aromatic carbocycles. The van der Waals surface area contributed by atoms with E-state index in [4.69, 9.17) is 5.10 Å². The van der Waals surface area contributed by atoms with E-state index in [9.17, 15) is 9.90 Å². The minimum absolute atomic E-state index is 0.288. The summed E-state index contributed by atoms with van der Waals surface area (Å²) in [7, 11) is 0. The molecule has 6 rings (SSSR count). The Morgan fingerprint density at radius 2 is 1.62 bits per heavy atom. The van der Waals surface area contributed by atoms with Crippen LogP contribution in [0.15, 0.2) is 66.7 Å². The average molecular weight is 569 g/mol. The van der Waals surface area contributed by atoms with E-state index in [0.717, 1.165) is 71.2 Å². The van der Waals surface area contributed by atoms with Gasteiger partial charge in [0.25, 0.3) is 0 Å². The highest BCUT2D eigenvalue weighted by atomic mass is 16.4. The van der Waals surface area contributed by atoms with Crippen molar-refractivity contribution in [1.82, 2.24) is 19.6 Å². The number of carbonyl (C=O) groups is 1. The van der Waals surface area contributed by atoms with Gasteiger partial charge in [-0.3, -0.25) is 14.4 Å². The summed E-state index contributed by atoms with van der Waals surface area (Å²) in [6, 6.07) is 23.9. The highest BCUT2D eigenvalue weighted by Gasteiger charge is 2.43. The van der Waals surface area contributed by atoms with Gasteiger partial charge in [-0.1, -0.05) is 86.8 Å². The second-order valence-corrected chi connectivity index (χ2v) is 13.0. The van der Waals surface area contributed by atoms with Gasteiger partial charge in [0.05, 0.1) is 11.7 Å². The maximum Gasteiger partial charge on any atom is 0.321 e. The SMILES string of the molecule is CCc1cc(Cc2ccccc2)nn1C1CCN(CC2CN(C(C(=O)O)C3CCCCC3)CC2c2ccccc2)CC1. The largest absolute Gasteiger partial charge is 0.480 e. The maximum absolute atomic E-state index is 12.6. The second kappa shape index (κ2) is 13.6. The fourth-order valence-electron chi connectivity index (χ4n) is 8.14. The number of likely N-dealkylation sites (tertiary alicyclic amines) is 2. The van der Waals surface area contributed by atoms with Crippen molar-refractivity contribution in [1.29, 1.82) is 0 Å². The van der Waals surface area contributed by atoms with Crippen molar-refractivity contribution in [2.75, 3.05) is 32.7 Å². The molecule has 1 saturated carbocycles. The van der Waals surface area contributed by atoms with Crippen molar-refractivity contribution >= 4 is 5.97 Å². The monoisotopic (exact) mass is 568 g/mol. The summed E-state index contributed by atoms with van der Waals surface area (Å²) in [6.45, 7) is 7.17. The number of benzene rings is 2. The Morgan fingerprint density at radius 1 is 0.929 bits per heavy atom. The molecule has 3 heterocycles. The van der Waals surface area contributed by atoms with Crippen LogP contribution in [0.2, 0.25) is 0 Å². The third-order valence-electron chi connectivity index (χ3n) is 10.3. The van der Waals surface area contributed by atoms with E-state index in [1.54, 1.807) is 0 Å². The lowest BCUT2D eigenvalue weighted by Crippen LogP contribution is -2.46. The Morgan fingerprint density at radius 3 is 2.29 bits per heavy atom. The van der Waals surface area contributed by atoms with Crippen molar-refractivity contribution in [3.8, 4) is 0 Å². The number of nitrogens with zero attached hydrogens (tertiary/aromatic N) is 4. The summed E-state index contributed by atoms with van der Waals surface area (Å²) >= 11 is 0. The molecule has 3 atom stereocenters. The predicted molar refractivity (Wildman–Crippen MR) is 168 cm³/mol. The number of carboxylic acids is 1. The highest BCUT2D eigenvalue weighted by molar-refractivity contribution is 5.74. The van der Waals surface area contributed by atoms with Gasteiger partial charge in [-0.15, -0.1) is 0 Å². The molecule has 3 aliphatic rings. The molecule has 0 amide bonds. The van der Waals surface area contributed by atoms with E-state index in [1.165, 1.54) is 41.8 Å². The number of piperidine rings is 1. The summed E-state index contributed by atoms with van der Waals surface area (Å²) < 4.78 is 2.33. The van der Waals surface area contributed by atoms with Gasteiger partial charge in [-0.05, 0) is 61.1 Å². The summed E-state index contributed by atoms with van der Waals surface area (Å²) in [4.78, 5) is 17.6. The predicted octanol–water partition coefficient (Wildman–Crippen LogP) is 6.42. The van der Waals surface area contributed by atoms with Crippen molar-refractivity contribution in [3.63, 3.8) is 0 Å². The van der Waals surface area contributed by atoms with Crippen LogP contribution < -0.4 is 0 Å². The van der Waals surface area contributed by atoms with E-state index >= 15 is 0 Å². The molecule has 0 bridgehead atoms. The van der Waals surface area contributed by atoms with Crippen LogP contribution in [0, 0.1) is 11.8 Å². The Hall–Kier alpha value is -2.96. The fourth-order valence-corrected chi connectivity index (χ4v) is 8.14. The maximum atomic E-state index is 12.6. The molecule has 3 unspecified atom stereocenters. The van der Waals surface area contributed by atoms with E-state index in [2.05, 4.69) is 88.1 Å². The summed E-state index contributed by atoms with van der Waals surface area (Å²) in [6.07, 6.45) is 9.84. The van der Waals surface area contributed by atoms with Crippen molar-refractivity contribution in [2.45, 2.75) is 82.7 Å². The number of aryl methyl sites for hydroxylation is 1. The lowest BCUT2D eigenvalue weighted by atomic mass is 9.83. The standard InChI is InChI=1S/C36H48N4O2/c1-2-32-23-31(22-27-12-6-3-7-13-27)37-40(32)33-18-20-38(21-19-33)24-30-25-39(26-34(30)28-14-8-4-9-15-28)35(36(41)42)29-16-10-5-11-17-29/h3-4,6-9,12-15,23,29-30,33-35H,2,5,10-11,16-22,24-26H2,1H3,(H,41,42). The third-order valence-corrected chi connectivity index (χ3v) is 10.3. The molecule has 0 spiro atoms. The molecule has 3 fully saturated rings. The summed E-state index contributed by atoms with van der Waals surface area (Å²) in [5.74, 6) is 0.499. The van der Waals surface area contributed by atoms with Crippen LogP contribution in [0.1, 0.15) is 86.3 Å². The lowest BCUT2D eigenvalue weighted by Gasteiger charge is -2.35. The van der Waals surface area contributed by atoms with Crippen LogP contribution >= 0.6 is 0 Å². The average Bonchev–Trinajstić information content (AvgIpc) is 3.63. The second-order valence-electron chi connectivity index (χ2n) is 13.0. The first-order valence-corrected chi connectivity index (χ1v) is 16.4. The van der Waals surface area contributed by atoms with Crippen LogP contribution in [0.5, 0.6) is 0 Å². The smallest absolute Gasteiger partial charge is 0.321 e. The number of aromatic nitrogens is 2. The van der Waals surface area contributed by atoms with Crippen LogP contribution in [0.4, 0.5) is 0 Å². The molecule has 6 heteroatoms. The van der Waals surface area contributed by atoms with E-state index < -0.39 is 5.97 Å². The van der Waals surface area contributed by atoms with Gasteiger partial charge in [-0.2, -0.15) is 5.10 Å². The molecule has 224 valence electrons. The van der Waals surface area contributed by atoms with E-state index in [1.807, 2.05) is 0 Å². The molecule has 42 heavy (non-hydrogen) atoms. The minimum atomic E-state index is -0.618. The van der Waals surface area contributed by atoms with Crippen LogP contribution in [-0.2, 0) is 17.6 Å². The van der Waals surface area contributed by atoms with Crippen molar-refractivity contribution in [2.24, 2.45) is 11.8 Å². The molecule has 0 radical (unpaired) electrons. The number of carboxylic acid groups (broad SMARTS) is 1. The van der Waals surface area contributed by atoms with Crippen LogP contribution in [0.25, 0.3) is 0 Å². The molecular formula is C36H48N4O2. The van der Waals surface area contributed by atoms with Gasteiger partial charge in [0, 0.05) is 50.8 Å². The molecule has 2 saturated heterocycles. The normalized spacial score (nSPS) is 23.7. The molecule has 1 aliphatic carbocycles. The quantitative estimate of drug-likeness (QED) is 0.306. The molecule has 1 N–H and O–H groups in total. The van der Waals surface area contributed by atoms with E-state index in [-0.39, 0.29) is 12.0 Å². The fraction of sp³-hybridized carbons (Fsp3) is 0.556. The van der Waals surface area contributed by atoms with Crippen molar-refractivity contribution in [3.05, 3.63) is 89.2 Å². The zero-order chi connectivity index (χ0) is 28.9. The van der Waals surface area contributed by atoms with Crippen LogP contribution in [0.3, 0.4) is 0 Å². The first-order chi connectivity index (χ1) is 20.6. The number of rotatable bonds is 10. The van der Waals surface area contributed by atoms with Gasteiger partial charge < -0.3 is 10.0 Å². The van der Waals surface area contributed by atoms with Gasteiger partial charge >= 0.3 is 5.97 Å². The Kier molecular flexibility index (Phi) is 9.40. The zero-order valence-corrected chi connectivity index (χ0v) is 25.3. The Balaban J connectivity index is 1.12. The minimum Gasteiger partial charge on any atom is -0.480 e. The Bertz CT molecular complexity index is 1280. The van der Waals surface area contributed by atoms with E-state index in [0.29, 0.717) is 17.9 Å². The highest BCUT2D eigenvalue weighted by Crippen LogP contribution is 2.39. The molecule has 1 aromatic heterocycles. The van der Waals surface area contributed by atoms with Crippen molar-refractivity contribution < 1.29 is 9.90 Å². The van der Waals surface area contributed by atoms with Gasteiger partial charge in [0.1, 0.15) is 6.04 Å². The van der Waals surface area contributed by atoms with Crippen LogP contribution in [-0.4, -0.2) is 69.4 Å². The first kappa shape index (κ1) is 29.1. The Labute approximate surface area is 251 Å². The molecule has 2 aliphatic heterocycles. The van der Waals surface area contributed by atoms with Gasteiger partial charge in [0.2, 0.25) is 0 Å². The zero-order valence-electron chi connectivity index (χ0n) is 25.3. The topological polar surface area (TPSA) is 61.6 Å². The summed E-state index contributed by atoms with van der Waals surface area (Å²) in [5.41, 5.74) is 5.19.